The van der Waals surface area contributed by atoms with Crippen LogP contribution in [-0.2, 0) is 0 Å². The Hall–Kier alpha value is 0. The molecule has 1 rings (SSSR count). The summed E-state index contributed by atoms with van der Waals surface area (Å²) in [7, 11) is 0. The second-order valence-electron chi connectivity index (χ2n) is 16.4. The third kappa shape index (κ3) is 2.52. The summed E-state index contributed by atoms with van der Waals surface area (Å²) in [6, 6.07) is 0. The molecule has 0 aliphatic heterocycles. The van der Waals surface area contributed by atoms with Gasteiger partial charge in [-0.3, -0.25) is 0 Å². The summed E-state index contributed by atoms with van der Waals surface area (Å²) in [6.45, 7) is 50.6. The summed E-state index contributed by atoms with van der Waals surface area (Å²) in [5.74, 6) is 0. The van der Waals surface area contributed by atoms with Gasteiger partial charge in [0.05, 0.1) is 0 Å². The van der Waals surface area contributed by atoms with E-state index in [0.717, 1.165) is 0 Å². The SMILES string of the molecule is CC(C)(C)C(C)(C)C(C)(C)C(C)(C)C(C)(C)C(C)(C)C1(C)C(C)(C)C(C)(C)C1(C)C. The highest BCUT2D eigenvalue weighted by atomic mass is 14.8. The Kier molecular flexibility index (Phi) is 5.90. The van der Waals surface area contributed by atoms with Crippen molar-refractivity contribution in [2.45, 2.75) is 138 Å². The van der Waals surface area contributed by atoms with E-state index in [1.165, 1.54) is 0 Å². The molecule has 1 aliphatic rings. The maximum atomic E-state index is 2.61. The lowest BCUT2D eigenvalue weighted by atomic mass is 9.20. The highest BCUT2D eigenvalue weighted by Gasteiger charge is 2.80. The van der Waals surface area contributed by atoms with Crippen LogP contribution in [0.3, 0.4) is 0 Å². The van der Waals surface area contributed by atoms with Crippen molar-refractivity contribution in [1.82, 2.24) is 0 Å². The standard InChI is InChI=1S/C30H60/c1-21(2,3)22(4,5)23(6,7)24(8,9)25(10,11)27(14,15)30(20)28(16,17)26(12,13)29(30,18)19/h1-20H3. The summed E-state index contributed by atoms with van der Waals surface area (Å²) in [4.78, 5) is 0. The highest BCUT2D eigenvalue weighted by molar-refractivity contribution is 5.27. The average Bonchev–Trinajstić information content (AvgIpc) is 2.50. The van der Waals surface area contributed by atoms with Gasteiger partial charge in [0.15, 0.2) is 0 Å². The molecule has 0 amide bonds. The van der Waals surface area contributed by atoms with Crippen LogP contribution in [0, 0.1) is 54.1 Å². The Labute approximate surface area is 192 Å². The average molecular weight is 421 g/mol. The molecule has 0 aromatic carbocycles. The molecule has 0 aromatic rings. The van der Waals surface area contributed by atoms with Crippen LogP contribution in [0.15, 0.2) is 0 Å². The molecule has 1 aliphatic carbocycles. The van der Waals surface area contributed by atoms with Gasteiger partial charge in [-0.25, -0.2) is 0 Å². The van der Waals surface area contributed by atoms with Gasteiger partial charge in [-0.15, -0.1) is 0 Å². The summed E-state index contributed by atoms with van der Waals surface area (Å²) >= 11 is 0. The van der Waals surface area contributed by atoms with Gasteiger partial charge in [0, 0.05) is 0 Å². The van der Waals surface area contributed by atoms with Gasteiger partial charge in [-0.1, -0.05) is 138 Å². The van der Waals surface area contributed by atoms with Crippen molar-refractivity contribution in [2.75, 3.05) is 0 Å². The van der Waals surface area contributed by atoms with Crippen LogP contribution in [0.5, 0.6) is 0 Å². The molecule has 180 valence electrons. The zero-order valence-corrected chi connectivity index (χ0v) is 25.0. The van der Waals surface area contributed by atoms with E-state index in [0.29, 0.717) is 5.41 Å². The van der Waals surface area contributed by atoms with E-state index in [4.69, 9.17) is 0 Å². The summed E-state index contributed by atoms with van der Waals surface area (Å²) in [6.07, 6.45) is 0. The molecule has 0 N–H and O–H groups in total. The molecule has 0 unspecified atom stereocenters. The molecule has 0 heterocycles. The van der Waals surface area contributed by atoms with Crippen molar-refractivity contribution < 1.29 is 0 Å². The van der Waals surface area contributed by atoms with Crippen LogP contribution in [0.1, 0.15) is 138 Å². The van der Waals surface area contributed by atoms with E-state index >= 15 is 0 Å². The molecule has 0 spiro atoms. The van der Waals surface area contributed by atoms with Gasteiger partial charge < -0.3 is 0 Å². The van der Waals surface area contributed by atoms with Crippen LogP contribution in [0.25, 0.3) is 0 Å². The topological polar surface area (TPSA) is 0 Å². The fraction of sp³-hybridized carbons (Fsp3) is 1.00. The minimum Gasteiger partial charge on any atom is -0.0596 e. The minimum atomic E-state index is 0.117. The lowest BCUT2D eigenvalue weighted by molar-refractivity contribution is -0.366. The lowest BCUT2D eigenvalue weighted by Gasteiger charge is -2.84. The lowest BCUT2D eigenvalue weighted by Crippen LogP contribution is -2.79. The smallest absolute Gasteiger partial charge is 0.0156 e. The fourth-order valence-electron chi connectivity index (χ4n) is 8.22. The number of hydrogen-bond acceptors (Lipinski definition) is 0. The Morgan fingerprint density at radius 3 is 0.867 bits per heavy atom. The van der Waals surface area contributed by atoms with Crippen LogP contribution < -0.4 is 0 Å². The number of hydrogen-bond donors (Lipinski definition) is 0. The summed E-state index contributed by atoms with van der Waals surface area (Å²) in [5.41, 5.74) is 1.94. The molecule has 30 heavy (non-hydrogen) atoms. The van der Waals surface area contributed by atoms with Crippen molar-refractivity contribution in [3.63, 3.8) is 0 Å². The first-order valence-corrected chi connectivity index (χ1v) is 12.5. The van der Waals surface area contributed by atoms with E-state index in [1.807, 2.05) is 0 Å². The third-order valence-corrected chi connectivity index (χ3v) is 15.0. The first-order valence-electron chi connectivity index (χ1n) is 12.5. The minimum absolute atomic E-state index is 0.117. The van der Waals surface area contributed by atoms with Crippen LogP contribution in [-0.4, -0.2) is 0 Å². The molecule has 1 fully saturated rings. The fourth-order valence-corrected chi connectivity index (χ4v) is 8.22. The van der Waals surface area contributed by atoms with Gasteiger partial charge in [-0.05, 0) is 54.1 Å². The van der Waals surface area contributed by atoms with Gasteiger partial charge in [0.2, 0.25) is 0 Å². The van der Waals surface area contributed by atoms with Gasteiger partial charge in [-0.2, -0.15) is 0 Å². The van der Waals surface area contributed by atoms with Gasteiger partial charge >= 0.3 is 0 Å². The van der Waals surface area contributed by atoms with E-state index < -0.39 is 0 Å². The second-order valence-corrected chi connectivity index (χ2v) is 16.4. The van der Waals surface area contributed by atoms with Crippen LogP contribution in [0.4, 0.5) is 0 Å². The van der Waals surface area contributed by atoms with Gasteiger partial charge in [0.1, 0.15) is 0 Å². The van der Waals surface area contributed by atoms with Crippen molar-refractivity contribution in [1.29, 1.82) is 0 Å². The summed E-state index contributed by atoms with van der Waals surface area (Å²) in [5, 5.41) is 0. The van der Waals surface area contributed by atoms with Crippen molar-refractivity contribution in [2.24, 2.45) is 54.1 Å². The Bertz CT molecular complexity index is 647. The van der Waals surface area contributed by atoms with E-state index in [2.05, 4.69) is 138 Å². The maximum Gasteiger partial charge on any atom is -0.0156 e. The quantitative estimate of drug-likeness (QED) is 0.415. The Morgan fingerprint density at radius 2 is 0.600 bits per heavy atom. The van der Waals surface area contributed by atoms with Crippen molar-refractivity contribution in [3.8, 4) is 0 Å². The zero-order valence-electron chi connectivity index (χ0n) is 25.0. The first kappa shape index (κ1) is 28.0. The van der Waals surface area contributed by atoms with Crippen LogP contribution in [0.2, 0.25) is 0 Å². The van der Waals surface area contributed by atoms with Crippen LogP contribution >= 0.6 is 0 Å². The molecule has 0 aromatic heterocycles. The van der Waals surface area contributed by atoms with Crippen molar-refractivity contribution in [3.05, 3.63) is 0 Å². The predicted molar refractivity (Wildman–Crippen MR) is 138 cm³/mol. The molecule has 0 atom stereocenters. The second kappa shape index (κ2) is 6.32. The first-order chi connectivity index (χ1) is 12.5. The van der Waals surface area contributed by atoms with Crippen molar-refractivity contribution >= 4 is 0 Å². The van der Waals surface area contributed by atoms with Gasteiger partial charge in [0.25, 0.3) is 0 Å². The zero-order chi connectivity index (χ0) is 25.0. The molecular formula is C30H60. The molecule has 0 nitrogen and oxygen atoms in total. The molecular weight excluding hydrogens is 360 g/mol. The normalized spacial score (nSPS) is 24.4. The largest absolute Gasteiger partial charge is 0.0596 e. The Morgan fingerprint density at radius 1 is 0.333 bits per heavy atom. The summed E-state index contributed by atoms with van der Waals surface area (Å²) < 4.78 is 0. The van der Waals surface area contributed by atoms with E-state index in [1.54, 1.807) is 0 Å². The molecule has 0 heteroatoms. The predicted octanol–water partition coefficient (Wildman–Crippen LogP) is 10.3. The monoisotopic (exact) mass is 420 g/mol. The third-order valence-electron chi connectivity index (χ3n) is 15.0. The molecule has 0 radical (unpaired) electrons. The highest BCUT2D eigenvalue weighted by Crippen LogP contribution is 2.85. The van der Waals surface area contributed by atoms with E-state index in [-0.39, 0.29) is 48.7 Å². The molecule has 0 bridgehead atoms. The Balaban J connectivity index is 3.78. The number of rotatable bonds is 5. The molecule has 0 saturated heterocycles. The maximum absolute atomic E-state index is 2.61. The van der Waals surface area contributed by atoms with E-state index in [9.17, 15) is 0 Å². The molecule has 1 saturated carbocycles.